The van der Waals surface area contributed by atoms with E-state index in [0.717, 1.165) is 41.2 Å². The summed E-state index contributed by atoms with van der Waals surface area (Å²) in [5.74, 6) is 0.911. The molecule has 0 radical (unpaired) electrons. The molecular weight excluding hydrogens is 396 g/mol. The Hall–Kier alpha value is -2.58. The van der Waals surface area contributed by atoms with Crippen LogP contribution in [0.5, 0.6) is 0 Å². The van der Waals surface area contributed by atoms with Crippen molar-refractivity contribution in [2.45, 2.75) is 32.6 Å². The summed E-state index contributed by atoms with van der Waals surface area (Å²) in [6.07, 6.45) is 5.67. The molecule has 1 fully saturated rings. The molecule has 0 N–H and O–H groups in total. The molecule has 0 saturated heterocycles. The highest BCUT2D eigenvalue weighted by Crippen LogP contribution is 2.42. The van der Waals surface area contributed by atoms with Crippen LogP contribution in [-0.4, -0.2) is 69.2 Å². The van der Waals surface area contributed by atoms with Crippen molar-refractivity contribution in [3.05, 3.63) is 46.7 Å². The lowest BCUT2D eigenvalue weighted by Gasteiger charge is -2.23. The largest absolute Gasteiger partial charge is 0.338 e. The highest BCUT2D eigenvalue weighted by atomic mass is 32.1. The van der Waals surface area contributed by atoms with E-state index in [0.29, 0.717) is 30.5 Å². The number of rotatable bonds is 8. The fourth-order valence-corrected chi connectivity index (χ4v) is 4.30. The van der Waals surface area contributed by atoms with Crippen LogP contribution in [0.2, 0.25) is 0 Å². The lowest BCUT2D eigenvalue weighted by atomic mass is 10.1. The van der Waals surface area contributed by atoms with Crippen molar-refractivity contribution in [2.24, 2.45) is 0 Å². The van der Waals surface area contributed by atoms with E-state index in [2.05, 4.69) is 21.0 Å². The predicted octanol–water partition coefficient (Wildman–Crippen LogP) is 3.60. The molecule has 0 atom stereocenters. The Morgan fingerprint density at radius 1 is 1.27 bits per heavy atom. The molecular formula is C22H28N6OS. The number of likely N-dealkylation sites (N-methyl/N-ethyl adjacent to an activating group) is 2. The predicted molar refractivity (Wildman–Crippen MR) is 119 cm³/mol. The van der Waals surface area contributed by atoms with Gasteiger partial charge in [0, 0.05) is 31.7 Å². The summed E-state index contributed by atoms with van der Waals surface area (Å²) in [5.41, 5.74) is 3.57. The van der Waals surface area contributed by atoms with Crippen LogP contribution in [0.4, 0.5) is 0 Å². The molecule has 0 aromatic carbocycles. The first-order valence-corrected chi connectivity index (χ1v) is 11.3. The monoisotopic (exact) mass is 424 g/mol. The second-order valence-electron chi connectivity index (χ2n) is 8.00. The lowest BCUT2D eigenvalue weighted by molar-refractivity contribution is 0.0753. The molecule has 1 aliphatic rings. The number of aryl methyl sites for hydroxylation is 1. The fraction of sp³-hybridized carbons (Fsp3) is 0.455. The van der Waals surface area contributed by atoms with Gasteiger partial charge in [-0.05, 0) is 57.8 Å². The van der Waals surface area contributed by atoms with E-state index in [-0.39, 0.29) is 5.91 Å². The Balaban J connectivity index is 1.70. The number of thiophene rings is 1. The van der Waals surface area contributed by atoms with E-state index < -0.39 is 0 Å². The first kappa shape index (κ1) is 20.7. The SMILES string of the molecule is CCN(CCN(C)C)C(=O)c1cnn(-c2ncc(C)c(-c3cccs3)n2)c1C1CC1. The van der Waals surface area contributed by atoms with Crippen molar-refractivity contribution in [1.82, 2.24) is 29.5 Å². The third kappa shape index (κ3) is 4.15. The Morgan fingerprint density at radius 2 is 2.07 bits per heavy atom. The van der Waals surface area contributed by atoms with Gasteiger partial charge < -0.3 is 9.80 Å². The molecule has 0 bridgehead atoms. The van der Waals surface area contributed by atoms with Crippen molar-refractivity contribution in [3.63, 3.8) is 0 Å². The maximum atomic E-state index is 13.3. The summed E-state index contributed by atoms with van der Waals surface area (Å²) in [7, 11) is 4.04. The molecule has 1 amide bonds. The highest BCUT2D eigenvalue weighted by Gasteiger charge is 2.34. The Morgan fingerprint density at radius 3 is 2.70 bits per heavy atom. The van der Waals surface area contributed by atoms with E-state index in [1.165, 1.54) is 0 Å². The highest BCUT2D eigenvalue weighted by molar-refractivity contribution is 7.13. The van der Waals surface area contributed by atoms with E-state index in [9.17, 15) is 4.79 Å². The van der Waals surface area contributed by atoms with Gasteiger partial charge in [-0.25, -0.2) is 14.6 Å². The second-order valence-corrected chi connectivity index (χ2v) is 8.94. The minimum absolute atomic E-state index is 0.0399. The molecule has 0 unspecified atom stereocenters. The molecule has 1 aliphatic carbocycles. The van der Waals surface area contributed by atoms with Gasteiger partial charge >= 0.3 is 0 Å². The first-order valence-electron chi connectivity index (χ1n) is 10.4. The van der Waals surface area contributed by atoms with Crippen LogP contribution in [0.25, 0.3) is 16.5 Å². The summed E-state index contributed by atoms with van der Waals surface area (Å²) < 4.78 is 1.78. The van der Waals surface area contributed by atoms with Gasteiger partial charge in [-0.15, -0.1) is 11.3 Å². The van der Waals surface area contributed by atoms with E-state index in [4.69, 9.17) is 4.98 Å². The van der Waals surface area contributed by atoms with Crippen LogP contribution in [0.3, 0.4) is 0 Å². The molecule has 30 heavy (non-hydrogen) atoms. The van der Waals surface area contributed by atoms with E-state index >= 15 is 0 Å². The van der Waals surface area contributed by atoms with Crippen LogP contribution in [0.1, 0.15) is 47.3 Å². The standard InChI is InChI=1S/C22H28N6OS/c1-5-27(11-10-26(3)4)21(29)17-14-24-28(20(17)16-8-9-16)22-23-13-15(2)19(25-22)18-7-6-12-30-18/h6-7,12-14,16H,5,8-11H2,1-4H3. The number of carbonyl (C=O) groups is 1. The fourth-order valence-electron chi connectivity index (χ4n) is 3.52. The molecule has 0 spiro atoms. The normalized spacial score (nSPS) is 13.8. The maximum Gasteiger partial charge on any atom is 0.257 e. The van der Waals surface area contributed by atoms with Crippen molar-refractivity contribution in [1.29, 1.82) is 0 Å². The zero-order chi connectivity index (χ0) is 21.3. The number of nitrogens with zero attached hydrogens (tertiary/aromatic N) is 6. The Bertz CT molecular complexity index is 1020. The molecule has 3 heterocycles. The quantitative estimate of drug-likeness (QED) is 0.553. The average Bonchev–Trinajstić information content (AvgIpc) is 3.24. The van der Waals surface area contributed by atoms with Crippen molar-refractivity contribution >= 4 is 17.2 Å². The number of carbonyl (C=O) groups excluding carboxylic acids is 1. The van der Waals surface area contributed by atoms with Gasteiger partial charge in [-0.3, -0.25) is 4.79 Å². The lowest BCUT2D eigenvalue weighted by Crippen LogP contribution is -2.36. The number of hydrogen-bond donors (Lipinski definition) is 0. The third-order valence-electron chi connectivity index (χ3n) is 5.39. The average molecular weight is 425 g/mol. The van der Waals surface area contributed by atoms with Crippen LogP contribution in [0.15, 0.2) is 29.9 Å². The number of aromatic nitrogens is 4. The van der Waals surface area contributed by atoms with Crippen LogP contribution in [-0.2, 0) is 0 Å². The minimum atomic E-state index is 0.0399. The summed E-state index contributed by atoms with van der Waals surface area (Å²) in [6, 6.07) is 4.09. The maximum absolute atomic E-state index is 13.3. The third-order valence-corrected chi connectivity index (χ3v) is 6.27. The number of amides is 1. The van der Waals surface area contributed by atoms with E-state index in [1.807, 2.05) is 50.5 Å². The Labute approximate surface area is 181 Å². The van der Waals surface area contributed by atoms with Gasteiger partial charge in [0.15, 0.2) is 0 Å². The van der Waals surface area contributed by atoms with Crippen molar-refractivity contribution < 1.29 is 4.79 Å². The molecule has 8 heteroatoms. The smallest absolute Gasteiger partial charge is 0.257 e. The topological polar surface area (TPSA) is 67.2 Å². The molecule has 3 aromatic rings. The van der Waals surface area contributed by atoms with Crippen LogP contribution >= 0.6 is 11.3 Å². The van der Waals surface area contributed by atoms with Crippen molar-refractivity contribution in [2.75, 3.05) is 33.7 Å². The van der Waals surface area contributed by atoms with Gasteiger partial charge in [0.05, 0.1) is 28.0 Å². The van der Waals surface area contributed by atoms with Gasteiger partial charge in [0.2, 0.25) is 0 Å². The summed E-state index contributed by atoms with van der Waals surface area (Å²) in [4.78, 5) is 27.8. The van der Waals surface area contributed by atoms with Gasteiger partial charge in [0.1, 0.15) is 0 Å². The zero-order valence-corrected chi connectivity index (χ0v) is 18.8. The second kappa shape index (κ2) is 8.65. The summed E-state index contributed by atoms with van der Waals surface area (Å²) in [5, 5.41) is 6.62. The van der Waals surface area contributed by atoms with Gasteiger partial charge in [-0.2, -0.15) is 5.10 Å². The molecule has 3 aromatic heterocycles. The molecule has 158 valence electrons. The molecule has 7 nitrogen and oxygen atoms in total. The zero-order valence-electron chi connectivity index (χ0n) is 18.0. The van der Waals surface area contributed by atoms with E-state index in [1.54, 1.807) is 22.2 Å². The number of hydrogen-bond acceptors (Lipinski definition) is 6. The summed E-state index contributed by atoms with van der Waals surface area (Å²) in [6.45, 7) is 6.23. The molecule has 1 saturated carbocycles. The van der Waals surface area contributed by atoms with Crippen LogP contribution < -0.4 is 0 Å². The van der Waals surface area contributed by atoms with Crippen molar-refractivity contribution in [3.8, 4) is 16.5 Å². The molecule has 0 aliphatic heterocycles. The molecule has 4 rings (SSSR count). The summed E-state index contributed by atoms with van der Waals surface area (Å²) >= 11 is 1.66. The van der Waals surface area contributed by atoms with Gasteiger partial charge in [0.25, 0.3) is 11.9 Å². The minimum Gasteiger partial charge on any atom is -0.338 e. The van der Waals surface area contributed by atoms with Crippen LogP contribution in [0, 0.1) is 6.92 Å². The van der Waals surface area contributed by atoms with Gasteiger partial charge in [-0.1, -0.05) is 6.07 Å². The first-order chi connectivity index (χ1) is 14.5. The Kier molecular flexibility index (Phi) is 5.97.